The Morgan fingerprint density at radius 1 is 1.35 bits per heavy atom. The van der Waals surface area contributed by atoms with E-state index in [-0.39, 0.29) is 12.5 Å². The van der Waals surface area contributed by atoms with Crippen molar-refractivity contribution in [1.29, 1.82) is 0 Å². The van der Waals surface area contributed by atoms with Gasteiger partial charge in [-0.1, -0.05) is 13.8 Å². The molecule has 0 aliphatic rings. The molecule has 0 spiro atoms. The predicted octanol–water partition coefficient (Wildman–Crippen LogP) is 3.79. The molecular formula is C14H14BrFN2O2. The number of aliphatic hydroxyl groups excluding tert-OH is 1. The van der Waals surface area contributed by atoms with E-state index in [0.717, 1.165) is 0 Å². The minimum absolute atomic E-state index is 0.148. The number of aromatic nitrogens is 2. The Morgan fingerprint density at radius 2 is 2.10 bits per heavy atom. The van der Waals surface area contributed by atoms with Gasteiger partial charge in [0, 0.05) is 12.0 Å². The van der Waals surface area contributed by atoms with Gasteiger partial charge in [-0.25, -0.2) is 14.4 Å². The first kappa shape index (κ1) is 14.9. The average Bonchev–Trinajstić information content (AvgIpc) is 2.43. The monoisotopic (exact) mass is 340 g/mol. The first-order chi connectivity index (χ1) is 9.51. The van der Waals surface area contributed by atoms with Crippen LogP contribution in [0, 0.1) is 5.82 Å². The summed E-state index contributed by atoms with van der Waals surface area (Å²) in [6, 6.07) is 4.12. The molecular weight excluding hydrogens is 327 g/mol. The molecule has 0 aliphatic carbocycles. The molecule has 0 radical (unpaired) electrons. The van der Waals surface area contributed by atoms with Crippen molar-refractivity contribution in [1.82, 2.24) is 9.97 Å². The van der Waals surface area contributed by atoms with Crippen molar-refractivity contribution in [3.8, 4) is 11.5 Å². The third-order valence-electron chi connectivity index (χ3n) is 2.63. The third-order valence-corrected chi connectivity index (χ3v) is 3.28. The van der Waals surface area contributed by atoms with Crippen molar-refractivity contribution in [2.24, 2.45) is 0 Å². The van der Waals surface area contributed by atoms with E-state index in [9.17, 15) is 9.50 Å². The van der Waals surface area contributed by atoms with Gasteiger partial charge >= 0.3 is 0 Å². The van der Waals surface area contributed by atoms with Gasteiger partial charge in [-0.3, -0.25) is 0 Å². The fourth-order valence-corrected chi connectivity index (χ4v) is 1.90. The molecule has 1 aromatic carbocycles. The van der Waals surface area contributed by atoms with Gasteiger partial charge in [0.1, 0.15) is 23.1 Å². The number of hydrogen-bond donors (Lipinski definition) is 1. The Kier molecular flexibility index (Phi) is 4.67. The molecule has 0 atom stereocenters. The Labute approximate surface area is 124 Å². The minimum atomic E-state index is -0.409. The molecule has 4 nitrogen and oxygen atoms in total. The number of nitrogens with zero attached hydrogens (tertiary/aromatic N) is 2. The highest BCUT2D eigenvalue weighted by Gasteiger charge is 2.12. The van der Waals surface area contributed by atoms with Crippen LogP contribution in [-0.2, 0) is 6.61 Å². The quantitative estimate of drug-likeness (QED) is 0.919. The first-order valence-electron chi connectivity index (χ1n) is 6.11. The van der Waals surface area contributed by atoms with Crippen LogP contribution in [0.3, 0.4) is 0 Å². The van der Waals surface area contributed by atoms with E-state index in [1.165, 1.54) is 18.3 Å². The highest BCUT2D eigenvalue weighted by Crippen LogP contribution is 2.31. The maximum atomic E-state index is 13.2. The molecule has 2 aromatic rings. The van der Waals surface area contributed by atoms with E-state index < -0.39 is 5.82 Å². The van der Waals surface area contributed by atoms with Gasteiger partial charge in [0.25, 0.3) is 0 Å². The van der Waals surface area contributed by atoms with E-state index in [1.54, 1.807) is 6.07 Å². The van der Waals surface area contributed by atoms with Crippen LogP contribution in [0.15, 0.2) is 28.9 Å². The molecule has 1 heterocycles. The van der Waals surface area contributed by atoms with Crippen molar-refractivity contribution >= 4 is 15.9 Å². The standard InChI is InChI=1S/C14H14BrFN2O2/c1-8(2)14-17-6-13(11(7-19)18-14)20-12-5-9(16)3-4-10(12)15/h3-6,8,19H,7H2,1-2H3. The van der Waals surface area contributed by atoms with Crippen LogP contribution < -0.4 is 4.74 Å². The second-order valence-corrected chi connectivity index (χ2v) is 5.38. The summed E-state index contributed by atoms with van der Waals surface area (Å²) in [5, 5.41) is 9.37. The summed E-state index contributed by atoms with van der Waals surface area (Å²) >= 11 is 3.28. The third kappa shape index (κ3) is 3.32. The topological polar surface area (TPSA) is 55.2 Å². The number of benzene rings is 1. The summed E-state index contributed by atoms with van der Waals surface area (Å²) in [7, 11) is 0. The predicted molar refractivity (Wildman–Crippen MR) is 76.2 cm³/mol. The number of aliphatic hydroxyl groups is 1. The maximum Gasteiger partial charge on any atom is 0.169 e. The lowest BCUT2D eigenvalue weighted by Gasteiger charge is -2.12. The van der Waals surface area contributed by atoms with Crippen LogP contribution >= 0.6 is 15.9 Å². The highest BCUT2D eigenvalue weighted by atomic mass is 79.9. The maximum absolute atomic E-state index is 13.2. The molecule has 106 valence electrons. The zero-order valence-electron chi connectivity index (χ0n) is 11.1. The summed E-state index contributed by atoms with van der Waals surface area (Å²) in [4.78, 5) is 8.42. The molecule has 0 bridgehead atoms. The lowest BCUT2D eigenvalue weighted by molar-refractivity contribution is 0.269. The molecule has 0 unspecified atom stereocenters. The van der Waals surface area contributed by atoms with Gasteiger partial charge in [0.15, 0.2) is 5.75 Å². The molecule has 0 amide bonds. The Balaban J connectivity index is 2.35. The smallest absolute Gasteiger partial charge is 0.169 e. The second-order valence-electron chi connectivity index (χ2n) is 4.53. The van der Waals surface area contributed by atoms with E-state index in [0.29, 0.717) is 27.5 Å². The van der Waals surface area contributed by atoms with E-state index >= 15 is 0 Å². The number of hydrogen-bond acceptors (Lipinski definition) is 4. The van der Waals surface area contributed by atoms with Crippen molar-refractivity contribution < 1.29 is 14.2 Å². The van der Waals surface area contributed by atoms with Crippen molar-refractivity contribution in [3.05, 3.63) is 46.2 Å². The summed E-state index contributed by atoms with van der Waals surface area (Å²) < 4.78 is 19.4. The molecule has 1 aromatic heterocycles. The lowest BCUT2D eigenvalue weighted by Crippen LogP contribution is -2.03. The van der Waals surface area contributed by atoms with Gasteiger partial charge in [-0.15, -0.1) is 0 Å². The van der Waals surface area contributed by atoms with Gasteiger partial charge in [0.2, 0.25) is 0 Å². The highest BCUT2D eigenvalue weighted by molar-refractivity contribution is 9.10. The molecule has 0 aliphatic heterocycles. The number of rotatable bonds is 4. The summed E-state index contributed by atoms with van der Waals surface area (Å²) in [6.07, 6.45) is 1.49. The van der Waals surface area contributed by atoms with Crippen LogP contribution in [-0.4, -0.2) is 15.1 Å². The van der Waals surface area contributed by atoms with Crippen molar-refractivity contribution in [2.45, 2.75) is 26.4 Å². The zero-order chi connectivity index (χ0) is 14.7. The molecule has 6 heteroatoms. The lowest BCUT2D eigenvalue weighted by atomic mass is 10.2. The van der Waals surface area contributed by atoms with Gasteiger partial charge in [0.05, 0.1) is 17.3 Å². The summed E-state index contributed by atoms with van der Waals surface area (Å²) in [6.45, 7) is 3.64. The van der Waals surface area contributed by atoms with Crippen LogP contribution in [0.5, 0.6) is 11.5 Å². The molecule has 0 saturated carbocycles. The van der Waals surface area contributed by atoms with Gasteiger partial charge in [-0.05, 0) is 28.1 Å². The van der Waals surface area contributed by atoms with E-state index in [2.05, 4.69) is 25.9 Å². The minimum Gasteiger partial charge on any atom is -0.452 e. The summed E-state index contributed by atoms with van der Waals surface area (Å²) in [5.74, 6) is 0.979. The normalized spacial score (nSPS) is 10.9. The number of halogens is 2. The van der Waals surface area contributed by atoms with Crippen LogP contribution in [0.1, 0.15) is 31.3 Å². The van der Waals surface area contributed by atoms with Crippen molar-refractivity contribution in [3.63, 3.8) is 0 Å². The van der Waals surface area contributed by atoms with Gasteiger partial charge in [-0.2, -0.15) is 0 Å². The Bertz CT molecular complexity index is 620. The van der Waals surface area contributed by atoms with E-state index in [4.69, 9.17) is 4.74 Å². The Hall–Kier alpha value is -1.53. The molecule has 0 fully saturated rings. The fraction of sp³-hybridized carbons (Fsp3) is 0.286. The zero-order valence-corrected chi connectivity index (χ0v) is 12.7. The molecule has 20 heavy (non-hydrogen) atoms. The largest absolute Gasteiger partial charge is 0.452 e. The van der Waals surface area contributed by atoms with Gasteiger partial charge < -0.3 is 9.84 Å². The van der Waals surface area contributed by atoms with Crippen LogP contribution in [0.2, 0.25) is 0 Å². The van der Waals surface area contributed by atoms with Crippen LogP contribution in [0.25, 0.3) is 0 Å². The molecule has 0 saturated heterocycles. The van der Waals surface area contributed by atoms with Crippen molar-refractivity contribution in [2.75, 3.05) is 0 Å². The summed E-state index contributed by atoms with van der Waals surface area (Å²) in [5.41, 5.74) is 0.375. The first-order valence-corrected chi connectivity index (χ1v) is 6.90. The molecule has 2 rings (SSSR count). The fourth-order valence-electron chi connectivity index (χ4n) is 1.57. The number of ether oxygens (including phenoxy) is 1. The SMILES string of the molecule is CC(C)c1ncc(Oc2cc(F)ccc2Br)c(CO)n1. The average molecular weight is 341 g/mol. The van der Waals surface area contributed by atoms with E-state index in [1.807, 2.05) is 13.8 Å². The Morgan fingerprint density at radius 3 is 2.75 bits per heavy atom. The molecule has 1 N–H and O–H groups in total. The van der Waals surface area contributed by atoms with Crippen LogP contribution in [0.4, 0.5) is 4.39 Å². The second kappa shape index (κ2) is 6.28.